The summed E-state index contributed by atoms with van der Waals surface area (Å²) in [7, 11) is 0. The van der Waals surface area contributed by atoms with E-state index in [1.807, 2.05) is 30.3 Å². The molecule has 176 valence electrons. The number of carbonyl (C=O) groups excluding carboxylic acids is 3. The van der Waals surface area contributed by atoms with E-state index >= 15 is 0 Å². The standard InChI is InChI=1S/C27H28N2O5/c1-2-33-27(32)20-14-16-22(17-15-20)29(26(31)23-13-8-18-34-23)24(19-9-4-3-5-10-19)25(30)28-21-11-6-7-12-21/h3-5,8-10,13-18,21,24H,2,6-7,11-12H2,1H3,(H,28,30). The zero-order valence-electron chi connectivity index (χ0n) is 19.1. The molecule has 0 bridgehead atoms. The molecule has 2 amide bonds. The van der Waals surface area contributed by atoms with Gasteiger partial charge < -0.3 is 14.5 Å². The molecular formula is C27H28N2O5. The number of benzene rings is 2. The maximum absolute atomic E-state index is 13.6. The second-order valence-electron chi connectivity index (χ2n) is 8.22. The molecule has 4 rings (SSSR count). The summed E-state index contributed by atoms with van der Waals surface area (Å²) in [5, 5.41) is 3.14. The van der Waals surface area contributed by atoms with Crippen molar-refractivity contribution >= 4 is 23.5 Å². The topological polar surface area (TPSA) is 88.8 Å². The lowest BCUT2D eigenvalue weighted by atomic mass is 10.0. The predicted molar refractivity (Wildman–Crippen MR) is 127 cm³/mol. The smallest absolute Gasteiger partial charge is 0.338 e. The first-order chi connectivity index (χ1) is 16.6. The zero-order valence-corrected chi connectivity index (χ0v) is 19.1. The zero-order chi connectivity index (χ0) is 23.9. The van der Waals surface area contributed by atoms with Crippen LogP contribution in [0, 0.1) is 0 Å². The van der Waals surface area contributed by atoms with Gasteiger partial charge in [-0.2, -0.15) is 0 Å². The third-order valence-corrected chi connectivity index (χ3v) is 5.93. The fourth-order valence-corrected chi connectivity index (χ4v) is 4.28. The Morgan fingerprint density at radius 2 is 1.71 bits per heavy atom. The molecule has 0 radical (unpaired) electrons. The Morgan fingerprint density at radius 3 is 2.32 bits per heavy atom. The first kappa shape index (κ1) is 23.3. The second-order valence-corrected chi connectivity index (χ2v) is 8.22. The first-order valence-electron chi connectivity index (χ1n) is 11.6. The number of nitrogens with zero attached hydrogens (tertiary/aromatic N) is 1. The van der Waals surface area contributed by atoms with E-state index in [1.54, 1.807) is 43.3 Å². The van der Waals surface area contributed by atoms with E-state index in [1.165, 1.54) is 11.2 Å². The van der Waals surface area contributed by atoms with Gasteiger partial charge in [-0.15, -0.1) is 0 Å². The third kappa shape index (κ3) is 5.20. The van der Waals surface area contributed by atoms with Crippen LogP contribution in [0.4, 0.5) is 5.69 Å². The summed E-state index contributed by atoms with van der Waals surface area (Å²) in [6.45, 7) is 2.00. The summed E-state index contributed by atoms with van der Waals surface area (Å²) in [5.74, 6) is -1.04. The van der Waals surface area contributed by atoms with Crippen molar-refractivity contribution in [2.45, 2.75) is 44.7 Å². The minimum Gasteiger partial charge on any atom is -0.462 e. The SMILES string of the molecule is CCOC(=O)c1ccc(N(C(=O)c2ccco2)C(C(=O)NC2CCCC2)c2ccccc2)cc1. The van der Waals surface area contributed by atoms with Crippen LogP contribution >= 0.6 is 0 Å². The van der Waals surface area contributed by atoms with Crippen LogP contribution in [0.15, 0.2) is 77.4 Å². The average Bonchev–Trinajstić information content (AvgIpc) is 3.57. The van der Waals surface area contributed by atoms with Gasteiger partial charge in [0.15, 0.2) is 5.76 Å². The third-order valence-electron chi connectivity index (χ3n) is 5.93. The van der Waals surface area contributed by atoms with Gasteiger partial charge in [0.2, 0.25) is 5.91 Å². The van der Waals surface area contributed by atoms with Crippen molar-refractivity contribution in [3.05, 3.63) is 89.9 Å². The molecule has 0 saturated heterocycles. The van der Waals surface area contributed by atoms with E-state index in [9.17, 15) is 14.4 Å². The summed E-state index contributed by atoms with van der Waals surface area (Å²) in [6.07, 6.45) is 5.42. The lowest BCUT2D eigenvalue weighted by Gasteiger charge is -2.32. The molecule has 1 N–H and O–H groups in total. The molecule has 34 heavy (non-hydrogen) atoms. The average molecular weight is 461 g/mol. The minimum absolute atomic E-state index is 0.0884. The fourth-order valence-electron chi connectivity index (χ4n) is 4.28. The van der Waals surface area contributed by atoms with Crippen LogP contribution in [0.1, 0.15) is 65.1 Å². The van der Waals surface area contributed by atoms with Crippen molar-refractivity contribution in [3.63, 3.8) is 0 Å². The number of furan rings is 1. The molecule has 2 aromatic carbocycles. The second kappa shape index (κ2) is 10.8. The Kier molecular flexibility index (Phi) is 7.42. The highest BCUT2D eigenvalue weighted by atomic mass is 16.5. The van der Waals surface area contributed by atoms with E-state index in [0.29, 0.717) is 16.8 Å². The van der Waals surface area contributed by atoms with Crippen LogP contribution in [0.3, 0.4) is 0 Å². The molecule has 0 spiro atoms. The number of ether oxygens (including phenoxy) is 1. The Labute approximate surface area is 198 Å². The molecule has 1 aliphatic carbocycles. The van der Waals surface area contributed by atoms with Gasteiger partial charge in [0.25, 0.3) is 5.91 Å². The van der Waals surface area contributed by atoms with Gasteiger partial charge in [-0.1, -0.05) is 43.2 Å². The molecule has 1 fully saturated rings. The largest absolute Gasteiger partial charge is 0.462 e. The Bertz CT molecular complexity index is 1100. The number of hydrogen-bond acceptors (Lipinski definition) is 5. The number of amides is 2. The quantitative estimate of drug-likeness (QED) is 0.483. The summed E-state index contributed by atoms with van der Waals surface area (Å²) < 4.78 is 10.5. The van der Waals surface area contributed by atoms with Gasteiger partial charge in [0.05, 0.1) is 18.4 Å². The molecular weight excluding hydrogens is 432 g/mol. The molecule has 1 saturated carbocycles. The van der Waals surface area contributed by atoms with Gasteiger partial charge in [0, 0.05) is 11.7 Å². The number of nitrogens with one attached hydrogen (secondary N) is 1. The van der Waals surface area contributed by atoms with E-state index in [0.717, 1.165) is 25.7 Å². The summed E-state index contributed by atoms with van der Waals surface area (Å²) in [5.41, 5.74) is 1.50. The van der Waals surface area contributed by atoms with Crippen molar-refractivity contribution in [2.75, 3.05) is 11.5 Å². The van der Waals surface area contributed by atoms with Crippen molar-refractivity contribution in [3.8, 4) is 0 Å². The first-order valence-corrected chi connectivity index (χ1v) is 11.6. The Morgan fingerprint density at radius 1 is 1.00 bits per heavy atom. The number of esters is 1. The maximum atomic E-state index is 13.6. The number of carbonyl (C=O) groups is 3. The number of anilines is 1. The van der Waals surface area contributed by atoms with Crippen LogP contribution < -0.4 is 10.2 Å². The molecule has 1 aliphatic rings. The molecule has 1 heterocycles. The molecule has 7 heteroatoms. The molecule has 1 atom stereocenters. The molecule has 0 aliphatic heterocycles. The van der Waals surface area contributed by atoms with Gasteiger partial charge in [-0.25, -0.2) is 4.79 Å². The maximum Gasteiger partial charge on any atom is 0.338 e. The molecule has 1 unspecified atom stereocenters. The lowest BCUT2D eigenvalue weighted by molar-refractivity contribution is -0.123. The van der Waals surface area contributed by atoms with E-state index in [4.69, 9.17) is 9.15 Å². The van der Waals surface area contributed by atoms with Gasteiger partial charge in [0.1, 0.15) is 6.04 Å². The fraction of sp³-hybridized carbons (Fsp3) is 0.296. The molecule has 3 aromatic rings. The highest BCUT2D eigenvalue weighted by Crippen LogP contribution is 2.31. The van der Waals surface area contributed by atoms with Crippen molar-refractivity contribution in [2.24, 2.45) is 0 Å². The van der Waals surface area contributed by atoms with Crippen LogP contribution in [-0.2, 0) is 9.53 Å². The van der Waals surface area contributed by atoms with Crippen molar-refractivity contribution < 1.29 is 23.5 Å². The van der Waals surface area contributed by atoms with E-state index in [-0.39, 0.29) is 24.3 Å². The monoisotopic (exact) mass is 460 g/mol. The van der Waals surface area contributed by atoms with Crippen LogP contribution in [0.5, 0.6) is 0 Å². The molecule has 7 nitrogen and oxygen atoms in total. The number of hydrogen-bond donors (Lipinski definition) is 1. The van der Waals surface area contributed by atoms with Gasteiger partial charge in [-0.05, 0) is 61.7 Å². The van der Waals surface area contributed by atoms with Crippen LogP contribution in [0.25, 0.3) is 0 Å². The number of rotatable bonds is 8. The molecule has 1 aromatic heterocycles. The van der Waals surface area contributed by atoms with E-state index < -0.39 is 17.9 Å². The van der Waals surface area contributed by atoms with E-state index in [2.05, 4.69) is 5.32 Å². The summed E-state index contributed by atoms with van der Waals surface area (Å²) >= 11 is 0. The van der Waals surface area contributed by atoms with Gasteiger partial charge >= 0.3 is 5.97 Å². The van der Waals surface area contributed by atoms with Crippen LogP contribution in [-0.4, -0.2) is 30.4 Å². The highest BCUT2D eigenvalue weighted by Gasteiger charge is 2.35. The van der Waals surface area contributed by atoms with Crippen molar-refractivity contribution in [1.82, 2.24) is 5.32 Å². The Hall–Kier alpha value is -3.87. The summed E-state index contributed by atoms with van der Waals surface area (Å²) in [4.78, 5) is 40.8. The highest BCUT2D eigenvalue weighted by molar-refractivity contribution is 6.09. The Balaban J connectivity index is 1.76. The van der Waals surface area contributed by atoms with Gasteiger partial charge in [-0.3, -0.25) is 14.5 Å². The predicted octanol–water partition coefficient (Wildman–Crippen LogP) is 4.90. The normalized spacial score (nSPS) is 14.4. The van der Waals surface area contributed by atoms with Crippen LogP contribution in [0.2, 0.25) is 0 Å². The lowest BCUT2D eigenvalue weighted by Crippen LogP contribution is -2.46. The summed E-state index contributed by atoms with van der Waals surface area (Å²) in [6, 6.07) is 18.0. The van der Waals surface area contributed by atoms with Crippen molar-refractivity contribution in [1.29, 1.82) is 0 Å². The minimum atomic E-state index is -0.923.